The van der Waals surface area contributed by atoms with Gasteiger partial charge in [0.15, 0.2) is 0 Å². The van der Waals surface area contributed by atoms with Crippen LogP contribution >= 0.6 is 11.3 Å². The predicted molar refractivity (Wildman–Crippen MR) is 91.0 cm³/mol. The Morgan fingerprint density at radius 1 is 1.39 bits per heavy atom. The average Bonchev–Trinajstić information content (AvgIpc) is 3.18. The molecule has 2 aliphatic rings. The molecule has 2 saturated heterocycles. The fourth-order valence-electron chi connectivity index (χ4n) is 3.18. The second-order valence-electron chi connectivity index (χ2n) is 6.40. The maximum absolute atomic E-state index is 12.4. The van der Waals surface area contributed by atoms with Crippen LogP contribution in [0, 0.1) is 0 Å². The van der Waals surface area contributed by atoms with Crippen LogP contribution in [0.2, 0.25) is 0 Å². The van der Waals surface area contributed by atoms with Gasteiger partial charge in [-0.25, -0.2) is 4.98 Å². The van der Waals surface area contributed by atoms with Crippen molar-refractivity contribution in [2.75, 3.05) is 46.4 Å². The molecule has 0 spiro atoms. The molecule has 23 heavy (non-hydrogen) atoms. The minimum Gasteiger partial charge on any atom is -0.378 e. The normalized spacial score (nSPS) is 26.5. The van der Waals surface area contributed by atoms with Crippen LogP contribution in [0.5, 0.6) is 0 Å². The van der Waals surface area contributed by atoms with E-state index in [1.807, 2.05) is 5.38 Å². The number of aryl methyl sites for hydroxylation is 1. The molecule has 2 aliphatic heterocycles. The number of nitrogens with zero attached hydrogens (tertiary/aromatic N) is 3. The quantitative estimate of drug-likeness (QED) is 0.862. The highest BCUT2D eigenvalue weighted by molar-refractivity contribution is 7.09. The first-order chi connectivity index (χ1) is 11.2. The summed E-state index contributed by atoms with van der Waals surface area (Å²) in [5, 5.41) is 6.03. The lowest BCUT2D eigenvalue weighted by Gasteiger charge is -2.37. The molecule has 3 heterocycles. The van der Waals surface area contributed by atoms with E-state index in [-0.39, 0.29) is 18.0 Å². The number of nitrogens with one attached hydrogen (secondary N) is 1. The number of hydrogen-bond acceptors (Lipinski definition) is 6. The van der Waals surface area contributed by atoms with Gasteiger partial charge in [-0.15, -0.1) is 11.3 Å². The highest BCUT2D eigenvalue weighted by Crippen LogP contribution is 2.17. The van der Waals surface area contributed by atoms with Crippen LogP contribution < -0.4 is 5.32 Å². The summed E-state index contributed by atoms with van der Waals surface area (Å²) < 4.78 is 5.64. The van der Waals surface area contributed by atoms with Crippen molar-refractivity contribution in [1.82, 2.24) is 20.1 Å². The van der Waals surface area contributed by atoms with E-state index >= 15 is 0 Å². The van der Waals surface area contributed by atoms with Gasteiger partial charge in [-0.1, -0.05) is 6.92 Å². The number of carbonyl (C=O) groups is 1. The zero-order valence-corrected chi connectivity index (χ0v) is 14.8. The van der Waals surface area contributed by atoms with Gasteiger partial charge in [0.25, 0.3) is 5.91 Å². The van der Waals surface area contributed by atoms with Gasteiger partial charge in [-0.2, -0.15) is 0 Å². The Hall–Kier alpha value is -1.02. The van der Waals surface area contributed by atoms with Gasteiger partial charge in [0.2, 0.25) is 0 Å². The highest BCUT2D eigenvalue weighted by atomic mass is 32.1. The van der Waals surface area contributed by atoms with Crippen LogP contribution in [0.25, 0.3) is 0 Å². The molecule has 1 N–H and O–H groups in total. The summed E-state index contributed by atoms with van der Waals surface area (Å²) in [6.45, 7) is 7.63. The maximum Gasteiger partial charge on any atom is 0.271 e. The molecule has 0 saturated carbocycles. The summed E-state index contributed by atoms with van der Waals surface area (Å²) in [7, 11) is 2.15. The number of likely N-dealkylation sites (N-methyl/N-ethyl adjacent to an activating group) is 1. The van der Waals surface area contributed by atoms with Crippen molar-refractivity contribution in [2.24, 2.45) is 0 Å². The van der Waals surface area contributed by atoms with E-state index in [9.17, 15) is 4.79 Å². The minimum absolute atomic E-state index is 0.0576. The Balaban J connectivity index is 1.58. The number of amides is 1. The van der Waals surface area contributed by atoms with Gasteiger partial charge >= 0.3 is 0 Å². The molecule has 1 aromatic heterocycles. The summed E-state index contributed by atoms with van der Waals surface area (Å²) in [6, 6.07) is 0.337. The first kappa shape index (κ1) is 16.8. The van der Waals surface area contributed by atoms with Crippen LogP contribution in [0.4, 0.5) is 0 Å². The van der Waals surface area contributed by atoms with Gasteiger partial charge in [0, 0.05) is 31.6 Å². The Labute approximate surface area is 141 Å². The van der Waals surface area contributed by atoms with E-state index < -0.39 is 0 Å². The van der Waals surface area contributed by atoms with Gasteiger partial charge in [-0.3, -0.25) is 9.69 Å². The van der Waals surface area contributed by atoms with Crippen molar-refractivity contribution >= 4 is 17.2 Å². The molecule has 2 fully saturated rings. The van der Waals surface area contributed by atoms with Crippen molar-refractivity contribution in [2.45, 2.75) is 31.8 Å². The van der Waals surface area contributed by atoms with Crippen molar-refractivity contribution < 1.29 is 9.53 Å². The first-order valence-corrected chi connectivity index (χ1v) is 9.31. The number of aromatic nitrogens is 1. The largest absolute Gasteiger partial charge is 0.378 e. The number of thiazole rings is 1. The van der Waals surface area contributed by atoms with Crippen molar-refractivity contribution in [1.29, 1.82) is 0 Å². The third kappa shape index (κ3) is 4.09. The SMILES string of the molecule is CCCc1nc(C(=O)N[C@@H]2COC[C@H]2N2CCN(C)CC2)cs1. The highest BCUT2D eigenvalue weighted by Gasteiger charge is 2.35. The van der Waals surface area contributed by atoms with Crippen LogP contribution in [0.3, 0.4) is 0 Å². The Kier molecular flexibility index (Phi) is 5.63. The molecule has 0 bridgehead atoms. The van der Waals surface area contributed by atoms with Crippen LogP contribution in [0.1, 0.15) is 28.8 Å². The third-order valence-electron chi connectivity index (χ3n) is 4.62. The van der Waals surface area contributed by atoms with E-state index in [2.05, 4.69) is 34.1 Å². The number of hydrogen-bond donors (Lipinski definition) is 1. The molecule has 1 aromatic rings. The van der Waals surface area contributed by atoms with E-state index in [4.69, 9.17) is 4.74 Å². The van der Waals surface area contributed by atoms with Crippen molar-refractivity contribution in [3.05, 3.63) is 16.1 Å². The Bertz CT molecular complexity index is 528. The molecular formula is C16H26N4O2S. The molecule has 0 radical (unpaired) electrons. The lowest BCUT2D eigenvalue weighted by Crippen LogP contribution is -2.56. The predicted octanol–water partition coefficient (Wildman–Crippen LogP) is 0.840. The van der Waals surface area contributed by atoms with Crippen LogP contribution in [0.15, 0.2) is 5.38 Å². The molecular weight excluding hydrogens is 312 g/mol. The topological polar surface area (TPSA) is 57.7 Å². The molecule has 2 atom stereocenters. The van der Waals surface area contributed by atoms with Crippen molar-refractivity contribution in [3.63, 3.8) is 0 Å². The fourth-order valence-corrected chi connectivity index (χ4v) is 4.06. The zero-order chi connectivity index (χ0) is 16.2. The first-order valence-electron chi connectivity index (χ1n) is 8.43. The average molecular weight is 338 g/mol. The van der Waals surface area contributed by atoms with Crippen LogP contribution in [-0.4, -0.2) is 79.2 Å². The molecule has 3 rings (SSSR count). The Morgan fingerprint density at radius 2 is 2.17 bits per heavy atom. The summed E-state index contributed by atoms with van der Waals surface area (Å²) >= 11 is 1.57. The standard InChI is InChI=1S/C16H26N4O2S/c1-3-4-15-17-13(11-23-15)16(21)18-12-9-22-10-14(12)20-7-5-19(2)6-8-20/h11-12,14H,3-10H2,1-2H3,(H,18,21)/t12-,14-/m1/s1. The molecule has 0 aromatic carbocycles. The van der Waals surface area contributed by atoms with Crippen LogP contribution in [-0.2, 0) is 11.2 Å². The molecule has 7 heteroatoms. The molecule has 1 amide bonds. The Morgan fingerprint density at radius 3 is 2.91 bits per heavy atom. The number of piperazine rings is 1. The zero-order valence-electron chi connectivity index (χ0n) is 14.0. The summed E-state index contributed by atoms with van der Waals surface area (Å²) in [5.41, 5.74) is 0.544. The van der Waals surface area contributed by atoms with Gasteiger partial charge in [0.05, 0.1) is 30.3 Å². The van der Waals surface area contributed by atoms with Gasteiger partial charge in [-0.05, 0) is 19.9 Å². The lowest BCUT2D eigenvalue weighted by atomic mass is 10.1. The molecule has 0 aliphatic carbocycles. The third-order valence-corrected chi connectivity index (χ3v) is 5.53. The summed E-state index contributed by atoms with van der Waals surface area (Å²) in [6.07, 6.45) is 1.99. The second-order valence-corrected chi connectivity index (χ2v) is 7.34. The molecule has 0 unspecified atom stereocenters. The van der Waals surface area contributed by atoms with Gasteiger partial charge < -0.3 is 15.0 Å². The molecule has 6 nitrogen and oxygen atoms in total. The smallest absolute Gasteiger partial charge is 0.271 e. The number of rotatable bonds is 5. The monoisotopic (exact) mass is 338 g/mol. The fraction of sp³-hybridized carbons (Fsp3) is 0.750. The lowest BCUT2D eigenvalue weighted by molar-refractivity contribution is 0.0826. The van der Waals surface area contributed by atoms with E-state index in [0.717, 1.165) is 44.0 Å². The van der Waals surface area contributed by atoms with Crippen molar-refractivity contribution in [3.8, 4) is 0 Å². The number of carbonyl (C=O) groups excluding carboxylic acids is 1. The molecule has 128 valence electrons. The van der Waals surface area contributed by atoms with E-state index in [1.54, 1.807) is 11.3 Å². The summed E-state index contributed by atoms with van der Waals surface area (Å²) in [4.78, 5) is 21.7. The van der Waals surface area contributed by atoms with E-state index in [1.165, 1.54) is 0 Å². The van der Waals surface area contributed by atoms with Gasteiger partial charge in [0.1, 0.15) is 5.69 Å². The second kappa shape index (κ2) is 7.70. The van der Waals surface area contributed by atoms with E-state index in [0.29, 0.717) is 18.9 Å². The number of ether oxygens (including phenoxy) is 1. The minimum atomic E-state index is -0.0711. The maximum atomic E-state index is 12.4. The summed E-state index contributed by atoms with van der Waals surface area (Å²) in [5.74, 6) is -0.0711.